The lowest BCUT2D eigenvalue weighted by atomic mass is 10.4. The van der Waals surface area contributed by atoms with E-state index in [1.165, 1.54) is 0 Å². The van der Waals surface area contributed by atoms with Crippen LogP contribution in [0.25, 0.3) is 11.0 Å². The van der Waals surface area contributed by atoms with Crippen LogP contribution in [0, 0.1) is 0 Å². The number of H-pyrrole nitrogens is 1. The zero-order valence-electron chi connectivity index (χ0n) is 5.50. The molecule has 0 aliphatic heterocycles. The Bertz CT molecular complexity index is 369. The molecule has 0 aromatic carbocycles. The monoisotopic (exact) mass is 168 g/mol. The lowest BCUT2D eigenvalue weighted by Gasteiger charge is -1.93. The zero-order valence-corrected chi connectivity index (χ0v) is 6.26. The van der Waals surface area contributed by atoms with Gasteiger partial charge in [0.15, 0.2) is 0 Å². The summed E-state index contributed by atoms with van der Waals surface area (Å²) in [5.74, 6) is 0.404. The molecule has 0 spiro atoms. The van der Waals surface area contributed by atoms with Crippen molar-refractivity contribution >= 4 is 28.8 Å². The minimum absolute atomic E-state index is 0.404. The van der Waals surface area contributed by atoms with Crippen molar-refractivity contribution in [1.82, 2.24) is 15.0 Å². The molecule has 0 saturated heterocycles. The molecule has 0 bridgehead atoms. The predicted molar refractivity (Wildman–Crippen MR) is 43.4 cm³/mol. The third-order valence-corrected chi connectivity index (χ3v) is 1.55. The van der Waals surface area contributed by atoms with Crippen molar-refractivity contribution in [2.75, 3.05) is 4.84 Å². The minimum Gasteiger partial charge on any atom is -0.346 e. The number of halogens is 1. The summed E-state index contributed by atoms with van der Waals surface area (Å²) in [6.45, 7) is 0. The van der Waals surface area contributed by atoms with Gasteiger partial charge >= 0.3 is 0 Å². The van der Waals surface area contributed by atoms with E-state index in [2.05, 4.69) is 19.8 Å². The molecule has 2 aromatic heterocycles. The summed E-state index contributed by atoms with van der Waals surface area (Å²) >= 11 is 5.31. The Morgan fingerprint density at radius 3 is 3.27 bits per heavy atom. The Kier molecular flexibility index (Phi) is 1.40. The molecule has 5 heteroatoms. The molecule has 2 heterocycles. The van der Waals surface area contributed by atoms with Crippen LogP contribution in [-0.2, 0) is 0 Å². The first kappa shape index (κ1) is 6.42. The van der Waals surface area contributed by atoms with E-state index in [1.807, 2.05) is 6.07 Å². The number of rotatable bonds is 1. The number of nitrogens with zero attached hydrogens (tertiary/aromatic N) is 2. The normalized spacial score (nSPS) is 10.3. The smallest absolute Gasteiger partial charge is 0.239 e. The van der Waals surface area contributed by atoms with Crippen LogP contribution in [0.4, 0.5) is 5.95 Å². The van der Waals surface area contributed by atoms with Crippen molar-refractivity contribution in [1.29, 1.82) is 0 Å². The predicted octanol–water partition coefficient (Wildman–Crippen LogP) is 1.52. The topological polar surface area (TPSA) is 53.6 Å². The van der Waals surface area contributed by atoms with Gasteiger partial charge in [-0.25, -0.2) is 4.98 Å². The fraction of sp³-hybridized carbons (Fsp3) is 0. The molecule has 0 atom stereocenters. The minimum atomic E-state index is 0.404. The Morgan fingerprint density at radius 2 is 2.45 bits per heavy atom. The molecule has 0 saturated carbocycles. The van der Waals surface area contributed by atoms with Crippen LogP contribution in [0.15, 0.2) is 18.5 Å². The number of anilines is 1. The van der Waals surface area contributed by atoms with Gasteiger partial charge in [0.2, 0.25) is 5.95 Å². The summed E-state index contributed by atoms with van der Waals surface area (Å²) in [5.41, 5.74) is 0.781. The van der Waals surface area contributed by atoms with Gasteiger partial charge in [0.05, 0.1) is 0 Å². The Balaban J connectivity index is 2.67. The Labute approximate surface area is 67.7 Å². The maximum Gasteiger partial charge on any atom is 0.239 e. The fourth-order valence-electron chi connectivity index (χ4n) is 0.885. The molecule has 2 N–H and O–H groups in total. The number of nitrogens with one attached hydrogen (secondary N) is 2. The molecular weight excluding hydrogens is 164 g/mol. The number of fused-ring (bicyclic) bond motifs is 1. The number of hydrogen-bond donors (Lipinski definition) is 2. The highest BCUT2D eigenvalue weighted by molar-refractivity contribution is 6.23. The number of hydrogen-bond acceptors (Lipinski definition) is 3. The van der Waals surface area contributed by atoms with E-state index in [1.54, 1.807) is 12.4 Å². The van der Waals surface area contributed by atoms with Crippen molar-refractivity contribution in [3.05, 3.63) is 18.5 Å². The third-order valence-electron chi connectivity index (χ3n) is 1.38. The van der Waals surface area contributed by atoms with E-state index in [4.69, 9.17) is 11.8 Å². The van der Waals surface area contributed by atoms with Gasteiger partial charge in [-0.1, -0.05) is 0 Å². The van der Waals surface area contributed by atoms with Crippen LogP contribution in [0.2, 0.25) is 0 Å². The van der Waals surface area contributed by atoms with Crippen LogP contribution in [0.5, 0.6) is 0 Å². The second-order valence-corrected chi connectivity index (χ2v) is 2.26. The first-order chi connectivity index (χ1) is 5.40. The lowest BCUT2D eigenvalue weighted by molar-refractivity contribution is 1.21. The first-order valence-electron chi connectivity index (χ1n) is 3.07. The molecule has 0 fully saturated rings. The third kappa shape index (κ3) is 1.01. The summed E-state index contributed by atoms with van der Waals surface area (Å²) in [6, 6.07) is 1.90. The second-order valence-electron chi connectivity index (χ2n) is 2.07. The van der Waals surface area contributed by atoms with Gasteiger partial charge in [-0.15, -0.1) is 0 Å². The molecule has 0 radical (unpaired) electrons. The molecular formula is C6H5ClN4. The van der Waals surface area contributed by atoms with Crippen molar-refractivity contribution in [3.8, 4) is 0 Å². The summed E-state index contributed by atoms with van der Waals surface area (Å²) in [6.07, 6.45) is 3.50. The van der Waals surface area contributed by atoms with Crippen molar-refractivity contribution in [2.24, 2.45) is 0 Å². The SMILES string of the molecule is ClNc1ncc2cc[nH]c2n1. The van der Waals surface area contributed by atoms with Crippen LogP contribution >= 0.6 is 11.8 Å². The number of aromatic amines is 1. The molecule has 0 aliphatic rings. The first-order valence-corrected chi connectivity index (χ1v) is 3.45. The van der Waals surface area contributed by atoms with Crippen molar-refractivity contribution < 1.29 is 0 Å². The molecule has 0 aliphatic carbocycles. The second kappa shape index (κ2) is 2.39. The summed E-state index contributed by atoms with van der Waals surface area (Å²) in [7, 11) is 0. The standard InChI is InChI=1S/C6H5ClN4/c7-11-6-9-3-4-1-2-8-5(4)10-6/h1-3H,(H2,8,9,10,11). The molecule has 2 aromatic rings. The molecule has 0 unspecified atom stereocenters. The highest BCUT2D eigenvalue weighted by Gasteiger charge is 1.97. The van der Waals surface area contributed by atoms with Gasteiger partial charge in [-0.3, -0.25) is 4.84 Å². The van der Waals surface area contributed by atoms with Gasteiger partial charge in [-0.2, -0.15) is 4.98 Å². The Morgan fingerprint density at radius 1 is 1.55 bits per heavy atom. The molecule has 2 rings (SSSR count). The molecule has 0 amide bonds. The largest absolute Gasteiger partial charge is 0.346 e. The van der Waals surface area contributed by atoms with E-state index in [0.29, 0.717) is 5.95 Å². The van der Waals surface area contributed by atoms with E-state index >= 15 is 0 Å². The highest BCUT2D eigenvalue weighted by Crippen LogP contribution is 2.09. The lowest BCUT2D eigenvalue weighted by Crippen LogP contribution is -1.89. The summed E-state index contributed by atoms with van der Waals surface area (Å²) < 4.78 is 0. The quantitative estimate of drug-likeness (QED) is 0.635. The average Bonchev–Trinajstić information content (AvgIpc) is 2.50. The van der Waals surface area contributed by atoms with E-state index in [-0.39, 0.29) is 0 Å². The summed E-state index contributed by atoms with van der Waals surface area (Å²) in [4.78, 5) is 13.3. The average molecular weight is 169 g/mol. The van der Waals surface area contributed by atoms with Crippen LogP contribution in [-0.4, -0.2) is 15.0 Å². The highest BCUT2D eigenvalue weighted by atomic mass is 35.5. The van der Waals surface area contributed by atoms with Gasteiger partial charge in [-0.05, 0) is 6.07 Å². The van der Waals surface area contributed by atoms with Crippen LogP contribution < -0.4 is 4.84 Å². The maximum absolute atomic E-state index is 5.31. The van der Waals surface area contributed by atoms with E-state index in [0.717, 1.165) is 11.0 Å². The van der Waals surface area contributed by atoms with Crippen molar-refractivity contribution in [2.45, 2.75) is 0 Å². The molecule has 56 valence electrons. The maximum atomic E-state index is 5.31. The van der Waals surface area contributed by atoms with Gasteiger partial charge in [0.25, 0.3) is 0 Å². The summed E-state index contributed by atoms with van der Waals surface area (Å²) in [5, 5.41) is 0.973. The van der Waals surface area contributed by atoms with Gasteiger partial charge < -0.3 is 4.98 Å². The molecule has 4 nitrogen and oxygen atoms in total. The fourth-order valence-corrected chi connectivity index (χ4v) is 0.976. The zero-order chi connectivity index (χ0) is 7.68. The van der Waals surface area contributed by atoms with Crippen LogP contribution in [0.3, 0.4) is 0 Å². The van der Waals surface area contributed by atoms with E-state index in [9.17, 15) is 0 Å². The number of aromatic nitrogens is 3. The van der Waals surface area contributed by atoms with Gasteiger partial charge in [0, 0.05) is 29.6 Å². The molecule has 11 heavy (non-hydrogen) atoms. The Hall–Kier alpha value is -1.29. The van der Waals surface area contributed by atoms with Crippen LogP contribution in [0.1, 0.15) is 0 Å². The van der Waals surface area contributed by atoms with E-state index < -0.39 is 0 Å². The van der Waals surface area contributed by atoms with Gasteiger partial charge in [0.1, 0.15) is 5.65 Å². The van der Waals surface area contributed by atoms with Crippen molar-refractivity contribution in [3.63, 3.8) is 0 Å².